The van der Waals surface area contributed by atoms with E-state index < -0.39 is 0 Å². The predicted octanol–water partition coefficient (Wildman–Crippen LogP) is 1.75. The molecule has 0 radical (unpaired) electrons. The zero-order chi connectivity index (χ0) is 15.2. The van der Waals surface area contributed by atoms with Gasteiger partial charge >= 0.3 is 0 Å². The number of nitrogens with one attached hydrogen (secondary N) is 1. The molecule has 21 heavy (non-hydrogen) atoms. The molecule has 0 amide bonds. The second kappa shape index (κ2) is 7.13. The van der Waals surface area contributed by atoms with E-state index in [-0.39, 0.29) is 18.4 Å². The summed E-state index contributed by atoms with van der Waals surface area (Å²) in [6.45, 7) is 0.151. The molecule has 2 rings (SSSR count). The minimum Gasteiger partial charge on any atom is -0.493 e. The summed E-state index contributed by atoms with van der Waals surface area (Å²) in [5.74, 6) is 1.34. The number of hydrogen-bond donors (Lipinski definition) is 2. The van der Waals surface area contributed by atoms with Crippen LogP contribution in [0.1, 0.15) is 24.8 Å². The normalized spacial score (nSPS) is 18.0. The van der Waals surface area contributed by atoms with Crippen LogP contribution in [-0.2, 0) is 4.79 Å². The van der Waals surface area contributed by atoms with E-state index in [9.17, 15) is 4.79 Å². The van der Waals surface area contributed by atoms with Gasteiger partial charge < -0.3 is 19.9 Å². The third kappa shape index (κ3) is 3.55. The van der Waals surface area contributed by atoms with E-state index in [1.54, 1.807) is 32.6 Å². The van der Waals surface area contributed by atoms with Gasteiger partial charge in [-0.15, -0.1) is 0 Å². The van der Waals surface area contributed by atoms with Crippen molar-refractivity contribution >= 4 is 11.4 Å². The van der Waals surface area contributed by atoms with Crippen LogP contribution in [0.15, 0.2) is 24.4 Å². The first-order valence-electron chi connectivity index (χ1n) is 7.02. The summed E-state index contributed by atoms with van der Waals surface area (Å²) < 4.78 is 10.5. The van der Waals surface area contributed by atoms with Crippen molar-refractivity contribution in [2.75, 3.05) is 20.8 Å². The minimum atomic E-state index is 0.101. The second-order valence-electron chi connectivity index (χ2n) is 4.98. The average molecular weight is 291 g/mol. The molecule has 1 unspecified atom stereocenters. The largest absolute Gasteiger partial charge is 0.493 e. The highest BCUT2D eigenvalue weighted by Gasteiger charge is 2.22. The molecule has 5 heteroatoms. The van der Waals surface area contributed by atoms with Gasteiger partial charge in [-0.3, -0.25) is 4.79 Å². The van der Waals surface area contributed by atoms with Crippen molar-refractivity contribution < 1.29 is 19.4 Å². The quantitative estimate of drug-likeness (QED) is 0.836. The first kappa shape index (κ1) is 15.4. The van der Waals surface area contributed by atoms with Crippen molar-refractivity contribution in [2.45, 2.75) is 25.3 Å². The summed E-state index contributed by atoms with van der Waals surface area (Å²) in [5, 5.41) is 12.1. The summed E-state index contributed by atoms with van der Waals surface area (Å²) in [4.78, 5) is 12.3. The SMILES string of the molecule is COc1ccc(C2=CNC(CCCO)CC2=O)cc1OC. The highest BCUT2D eigenvalue weighted by Crippen LogP contribution is 2.31. The molecule has 0 spiro atoms. The maximum absolute atomic E-state index is 12.3. The zero-order valence-electron chi connectivity index (χ0n) is 12.4. The molecular weight excluding hydrogens is 270 g/mol. The summed E-state index contributed by atoms with van der Waals surface area (Å²) >= 11 is 0. The lowest BCUT2D eigenvalue weighted by atomic mass is 9.93. The van der Waals surface area contributed by atoms with Crippen molar-refractivity contribution in [3.8, 4) is 11.5 Å². The number of hydrogen-bond acceptors (Lipinski definition) is 5. The first-order valence-corrected chi connectivity index (χ1v) is 7.02. The van der Waals surface area contributed by atoms with Crippen LogP contribution >= 0.6 is 0 Å². The van der Waals surface area contributed by atoms with Gasteiger partial charge in [0, 0.05) is 30.8 Å². The van der Waals surface area contributed by atoms with Gasteiger partial charge in [-0.25, -0.2) is 0 Å². The lowest BCUT2D eigenvalue weighted by Gasteiger charge is -2.23. The Labute approximate surface area is 124 Å². The Kier molecular flexibility index (Phi) is 5.22. The Balaban J connectivity index is 2.18. The fraction of sp³-hybridized carbons (Fsp3) is 0.438. The molecule has 0 fully saturated rings. The van der Waals surface area contributed by atoms with Gasteiger partial charge in [0.2, 0.25) is 0 Å². The molecular formula is C16H21NO4. The number of benzene rings is 1. The van der Waals surface area contributed by atoms with Gasteiger partial charge in [-0.1, -0.05) is 6.07 Å². The fourth-order valence-corrected chi connectivity index (χ4v) is 2.45. The monoisotopic (exact) mass is 291 g/mol. The Morgan fingerprint density at radius 1 is 1.29 bits per heavy atom. The number of Topliss-reactive ketones (excluding diaryl/α,β-unsaturated/α-hetero) is 1. The molecule has 0 saturated carbocycles. The minimum absolute atomic E-state index is 0.101. The van der Waals surface area contributed by atoms with Crippen molar-refractivity contribution in [2.24, 2.45) is 0 Å². The summed E-state index contributed by atoms with van der Waals surface area (Å²) in [6, 6.07) is 5.55. The third-order valence-electron chi connectivity index (χ3n) is 3.60. The van der Waals surface area contributed by atoms with Crippen molar-refractivity contribution in [1.82, 2.24) is 5.32 Å². The number of methoxy groups -OCH3 is 2. The smallest absolute Gasteiger partial charge is 0.166 e. The number of rotatable bonds is 6. The Hall–Kier alpha value is -2.01. The lowest BCUT2D eigenvalue weighted by Crippen LogP contribution is -2.32. The Morgan fingerprint density at radius 2 is 2.05 bits per heavy atom. The molecule has 1 atom stereocenters. The van der Waals surface area contributed by atoms with E-state index in [4.69, 9.17) is 14.6 Å². The summed E-state index contributed by atoms with van der Waals surface area (Å²) in [7, 11) is 3.15. The highest BCUT2D eigenvalue weighted by atomic mass is 16.5. The number of aliphatic hydroxyl groups excluding tert-OH is 1. The van der Waals surface area contributed by atoms with Crippen LogP contribution < -0.4 is 14.8 Å². The van der Waals surface area contributed by atoms with Crippen LogP contribution in [0.5, 0.6) is 11.5 Å². The van der Waals surface area contributed by atoms with E-state index in [1.807, 2.05) is 6.07 Å². The summed E-state index contributed by atoms with van der Waals surface area (Å²) in [6.07, 6.45) is 3.69. The molecule has 1 aromatic carbocycles. The number of ketones is 1. The topological polar surface area (TPSA) is 67.8 Å². The molecule has 1 aliphatic heterocycles. The highest BCUT2D eigenvalue weighted by molar-refractivity contribution is 6.21. The van der Waals surface area contributed by atoms with Gasteiger partial charge in [0.05, 0.1) is 14.2 Å². The second-order valence-corrected chi connectivity index (χ2v) is 4.98. The Morgan fingerprint density at radius 3 is 2.67 bits per heavy atom. The van der Waals surface area contributed by atoms with E-state index >= 15 is 0 Å². The molecule has 114 valence electrons. The van der Waals surface area contributed by atoms with Gasteiger partial charge in [-0.05, 0) is 30.5 Å². The van der Waals surface area contributed by atoms with Crippen LogP contribution in [0, 0.1) is 0 Å². The third-order valence-corrected chi connectivity index (χ3v) is 3.60. The molecule has 2 N–H and O–H groups in total. The van der Waals surface area contributed by atoms with Gasteiger partial charge in [0.15, 0.2) is 17.3 Å². The number of carbonyl (C=O) groups is 1. The maximum Gasteiger partial charge on any atom is 0.166 e. The van der Waals surface area contributed by atoms with E-state index in [0.717, 1.165) is 12.0 Å². The standard InChI is InChI=1S/C16H21NO4/c1-20-15-6-5-11(8-16(15)21-2)13-10-17-12(4-3-7-18)9-14(13)19/h5-6,8,10,12,17-18H,3-4,7,9H2,1-2H3. The molecule has 1 heterocycles. The fourth-order valence-electron chi connectivity index (χ4n) is 2.45. The van der Waals surface area contributed by atoms with Crippen LogP contribution in [-0.4, -0.2) is 37.8 Å². The average Bonchev–Trinajstić information content (AvgIpc) is 2.52. The molecule has 0 bridgehead atoms. The number of aliphatic hydroxyl groups is 1. The zero-order valence-corrected chi connectivity index (χ0v) is 12.4. The van der Waals surface area contributed by atoms with Gasteiger partial charge in [0.1, 0.15) is 0 Å². The summed E-state index contributed by atoms with van der Waals surface area (Å²) in [5.41, 5.74) is 1.46. The van der Waals surface area contributed by atoms with Crippen LogP contribution in [0.25, 0.3) is 5.57 Å². The van der Waals surface area contributed by atoms with E-state index in [0.29, 0.717) is 29.9 Å². The molecule has 1 aliphatic rings. The number of ether oxygens (including phenoxy) is 2. The number of carbonyl (C=O) groups excluding carboxylic acids is 1. The van der Waals surface area contributed by atoms with Gasteiger partial charge in [-0.2, -0.15) is 0 Å². The van der Waals surface area contributed by atoms with Gasteiger partial charge in [0.25, 0.3) is 0 Å². The Bertz CT molecular complexity index is 539. The molecule has 0 aliphatic carbocycles. The van der Waals surface area contributed by atoms with Crippen molar-refractivity contribution in [3.05, 3.63) is 30.0 Å². The van der Waals surface area contributed by atoms with E-state index in [2.05, 4.69) is 5.32 Å². The van der Waals surface area contributed by atoms with E-state index in [1.165, 1.54) is 0 Å². The predicted molar refractivity (Wildman–Crippen MR) is 80.4 cm³/mol. The number of allylic oxidation sites excluding steroid dienone is 1. The molecule has 0 aromatic heterocycles. The lowest BCUT2D eigenvalue weighted by molar-refractivity contribution is -0.114. The molecule has 5 nitrogen and oxygen atoms in total. The van der Waals surface area contributed by atoms with Crippen LogP contribution in [0.4, 0.5) is 0 Å². The maximum atomic E-state index is 12.3. The van der Waals surface area contributed by atoms with Crippen LogP contribution in [0.3, 0.4) is 0 Å². The molecule has 0 saturated heterocycles. The van der Waals surface area contributed by atoms with Crippen molar-refractivity contribution in [3.63, 3.8) is 0 Å². The first-order chi connectivity index (χ1) is 10.2. The molecule has 1 aromatic rings. The van der Waals surface area contributed by atoms with Crippen LogP contribution in [0.2, 0.25) is 0 Å². The van der Waals surface area contributed by atoms with Crippen molar-refractivity contribution in [1.29, 1.82) is 0 Å².